The lowest BCUT2D eigenvalue weighted by molar-refractivity contribution is 0.304. The lowest BCUT2D eigenvalue weighted by atomic mass is 10.2. The Morgan fingerprint density at radius 2 is 1.44 bits per heavy atom. The lowest BCUT2D eigenvalue weighted by Gasteiger charge is -2.11. The second-order valence-electron chi connectivity index (χ2n) is 6.60. The minimum atomic E-state index is 0.684. The Morgan fingerprint density at radius 1 is 0.704 bits per heavy atom. The van der Waals surface area contributed by atoms with Gasteiger partial charge in [0.2, 0.25) is 0 Å². The molecule has 0 atom stereocenters. The highest BCUT2D eigenvalue weighted by atomic mass is 16.5. The zero-order valence-electron chi connectivity index (χ0n) is 16.8. The molecular formula is C23H34N2O2. The second kappa shape index (κ2) is 12.9. The molecule has 148 valence electrons. The molecule has 0 aliphatic heterocycles. The number of unbranched alkanes of at least 4 members (excludes halogenated alkanes) is 4. The first-order valence-corrected chi connectivity index (χ1v) is 10.2. The van der Waals surface area contributed by atoms with Crippen LogP contribution in [0.4, 0.5) is 11.4 Å². The SMILES string of the molecule is CCCCCCCOc1ccc(NCCNc2cccc(OCC)c2)cc1. The molecule has 4 heteroatoms. The molecule has 0 heterocycles. The number of ether oxygens (including phenoxy) is 2. The van der Waals surface area contributed by atoms with Crippen molar-refractivity contribution in [3.63, 3.8) is 0 Å². The summed E-state index contributed by atoms with van der Waals surface area (Å²) in [6, 6.07) is 16.3. The van der Waals surface area contributed by atoms with Crippen LogP contribution >= 0.6 is 0 Å². The summed E-state index contributed by atoms with van der Waals surface area (Å²) in [4.78, 5) is 0. The maximum Gasteiger partial charge on any atom is 0.121 e. The van der Waals surface area contributed by atoms with Gasteiger partial charge in [0.1, 0.15) is 11.5 Å². The Bertz CT molecular complexity index is 629. The fourth-order valence-corrected chi connectivity index (χ4v) is 2.84. The van der Waals surface area contributed by atoms with E-state index in [1.54, 1.807) is 0 Å². The number of hydrogen-bond donors (Lipinski definition) is 2. The van der Waals surface area contributed by atoms with E-state index in [9.17, 15) is 0 Å². The maximum absolute atomic E-state index is 5.80. The van der Waals surface area contributed by atoms with E-state index in [0.29, 0.717) is 6.61 Å². The minimum absolute atomic E-state index is 0.684. The zero-order valence-corrected chi connectivity index (χ0v) is 16.8. The van der Waals surface area contributed by atoms with Gasteiger partial charge in [0, 0.05) is 30.5 Å². The Balaban J connectivity index is 1.61. The van der Waals surface area contributed by atoms with Crippen molar-refractivity contribution in [2.24, 2.45) is 0 Å². The molecule has 4 nitrogen and oxygen atoms in total. The van der Waals surface area contributed by atoms with Crippen LogP contribution < -0.4 is 20.1 Å². The van der Waals surface area contributed by atoms with Crippen LogP contribution in [-0.4, -0.2) is 26.3 Å². The van der Waals surface area contributed by atoms with Crippen LogP contribution in [-0.2, 0) is 0 Å². The van der Waals surface area contributed by atoms with Gasteiger partial charge in [0.15, 0.2) is 0 Å². The number of anilines is 2. The monoisotopic (exact) mass is 370 g/mol. The van der Waals surface area contributed by atoms with Gasteiger partial charge in [-0.25, -0.2) is 0 Å². The molecule has 0 amide bonds. The normalized spacial score (nSPS) is 10.4. The summed E-state index contributed by atoms with van der Waals surface area (Å²) in [7, 11) is 0. The highest BCUT2D eigenvalue weighted by molar-refractivity contribution is 5.49. The third-order valence-corrected chi connectivity index (χ3v) is 4.30. The molecule has 0 saturated heterocycles. The van der Waals surface area contributed by atoms with Crippen molar-refractivity contribution in [3.8, 4) is 11.5 Å². The van der Waals surface area contributed by atoms with Gasteiger partial charge >= 0.3 is 0 Å². The van der Waals surface area contributed by atoms with Crippen molar-refractivity contribution in [2.75, 3.05) is 36.9 Å². The summed E-state index contributed by atoms with van der Waals surface area (Å²) in [5, 5.41) is 6.83. The summed E-state index contributed by atoms with van der Waals surface area (Å²) in [5.41, 5.74) is 2.18. The fourth-order valence-electron chi connectivity index (χ4n) is 2.84. The molecule has 0 unspecified atom stereocenters. The number of rotatable bonds is 14. The van der Waals surface area contributed by atoms with Crippen LogP contribution in [0.2, 0.25) is 0 Å². The largest absolute Gasteiger partial charge is 0.494 e. The van der Waals surface area contributed by atoms with Crippen molar-refractivity contribution in [2.45, 2.75) is 46.0 Å². The Morgan fingerprint density at radius 3 is 2.19 bits per heavy atom. The first kappa shape index (κ1) is 20.9. The van der Waals surface area contributed by atoms with Crippen LogP contribution in [0.3, 0.4) is 0 Å². The Labute approximate surface area is 164 Å². The van der Waals surface area contributed by atoms with E-state index in [1.165, 1.54) is 25.7 Å². The van der Waals surface area contributed by atoms with Gasteiger partial charge in [-0.3, -0.25) is 0 Å². The number of nitrogens with one attached hydrogen (secondary N) is 2. The molecule has 2 aromatic carbocycles. The maximum atomic E-state index is 5.80. The first-order chi connectivity index (χ1) is 13.3. The van der Waals surface area contributed by atoms with Crippen molar-refractivity contribution >= 4 is 11.4 Å². The summed E-state index contributed by atoms with van der Waals surface area (Å²) in [6.45, 7) is 7.41. The first-order valence-electron chi connectivity index (χ1n) is 10.2. The Kier molecular flexibility index (Phi) is 10.0. The van der Waals surface area contributed by atoms with E-state index in [4.69, 9.17) is 9.47 Å². The van der Waals surface area contributed by atoms with Gasteiger partial charge in [0.05, 0.1) is 13.2 Å². The van der Waals surface area contributed by atoms with E-state index in [-0.39, 0.29) is 0 Å². The van der Waals surface area contributed by atoms with E-state index in [0.717, 1.165) is 49.0 Å². The lowest BCUT2D eigenvalue weighted by Crippen LogP contribution is -2.13. The highest BCUT2D eigenvalue weighted by Gasteiger charge is 1.98. The van der Waals surface area contributed by atoms with Crippen molar-refractivity contribution < 1.29 is 9.47 Å². The van der Waals surface area contributed by atoms with E-state index < -0.39 is 0 Å². The quantitative estimate of drug-likeness (QED) is 0.403. The van der Waals surface area contributed by atoms with E-state index >= 15 is 0 Å². The van der Waals surface area contributed by atoms with Gasteiger partial charge in [-0.1, -0.05) is 38.7 Å². The molecule has 0 bridgehead atoms. The molecule has 0 aliphatic carbocycles. The molecule has 2 aromatic rings. The topological polar surface area (TPSA) is 42.5 Å². The molecular weight excluding hydrogens is 336 g/mol. The van der Waals surface area contributed by atoms with Crippen molar-refractivity contribution in [1.82, 2.24) is 0 Å². The van der Waals surface area contributed by atoms with Crippen LogP contribution in [0, 0.1) is 0 Å². The predicted octanol–water partition coefficient (Wildman–Crippen LogP) is 5.96. The van der Waals surface area contributed by atoms with Crippen LogP contribution in [0.5, 0.6) is 11.5 Å². The molecule has 0 saturated carbocycles. The fraction of sp³-hybridized carbons (Fsp3) is 0.478. The van der Waals surface area contributed by atoms with Crippen LogP contribution in [0.1, 0.15) is 46.0 Å². The van der Waals surface area contributed by atoms with E-state index in [1.807, 2.05) is 37.3 Å². The number of benzene rings is 2. The van der Waals surface area contributed by atoms with Crippen LogP contribution in [0.25, 0.3) is 0 Å². The van der Waals surface area contributed by atoms with Crippen molar-refractivity contribution in [1.29, 1.82) is 0 Å². The van der Waals surface area contributed by atoms with Gasteiger partial charge < -0.3 is 20.1 Å². The second-order valence-corrected chi connectivity index (χ2v) is 6.60. The average Bonchev–Trinajstić information content (AvgIpc) is 2.69. The molecule has 2 rings (SSSR count). The third-order valence-electron chi connectivity index (χ3n) is 4.30. The summed E-state index contributed by atoms with van der Waals surface area (Å²) < 4.78 is 11.3. The zero-order chi connectivity index (χ0) is 19.2. The minimum Gasteiger partial charge on any atom is -0.494 e. The highest BCUT2D eigenvalue weighted by Crippen LogP contribution is 2.18. The number of hydrogen-bond acceptors (Lipinski definition) is 4. The average molecular weight is 371 g/mol. The predicted molar refractivity (Wildman–Crippen MR) is 115 cm³/mol. The molecule has 0 spiro atoms. The molecule has 0 aromatic heterocycles. The van der Waals surface area contributed by atoms with Gasteiger partial charge in [-0.2, -0.15) is 0 Å². The standard InChI is InChI=1S/C23H34N2O2/c1-3-5-6-7-8-18-27-22-14-12-20(13-15-22)24-16-17-25-21-10-9-11-23(19-21)26-4-2/h9-15,19,24-25H,3-8,16-18H2,1-2H3. The third kappa shape index (κ3) is 8.72. The van der Waals surface area contributed by atoms with Gasteiger partial charge in [-0.05, 0) is 49.7 Å². The van der Waals surface area contributed by atoms with Gasteiger partial charge in [0.25, 0.3) is 0 Å². The Hall–Kier alpha value is -2.36. The van der Waals surface area contributed by atoms with Gasteiger partial charge in [-0.15, -0.1) is 0 Å². The molecule has 0 aliphatic rings. The summed E-state index contributed by atoms with van der Waals surface area (Å²) >= 11 is 0. The molecule has 2 N–H and O–H groups in total. The summed E-state index contributed by atoms with van der Waals surface area (Å²) in [6.07, 6.45) is 6.31. The smallest absolute Gasteiger partial charge is 0.121 e. The van der Waals surface area contributed by atoms with Crippen molar-refractivity contribution in [3.05, 3.63) is 48.5 Å². The van der Waals surface area contributed by atoms with Crippen LogP contribution in [0.15, 0.2) is 48.5 Å². The van der Waals surface area contributed by atoms with E-state index in [2.05, 4.69) is 35.8 Å². The molecule has 0 fully saturated rings. The summed E-state index contributed by atoms with van der Waals surface area (Å²) in [5.74, 6) is 1.85. The molecule has 0 radical (unpaired) electrons. The molecule has 27 heavy (non-hydrogen) atoms.